The number of amides is 2. The van der Waals surface area contributed by atoms with E-state index in [0.717, 1.165) is 6.07 Å². The van der Waals surface area contributed by atoms with Crippen LogP contribution in [-0.4, -0.2) is 11.8 Å². The monoisotopic (exact) mass is 263 g/mol. The first-order valence-electron chi connectivity index (χ1n) is 5.71. The van der Waals surface area contributed by atoms with E-state index in [0.29, 0.717) is 5.69 Å². The Morgan fingerprint density at radius 3 is 2.63 bits per heavy atom. The predicted molar refractivity (Wildman–Crippen MR) is 68.7 cm³/mol. The van der Waals surface area contributed by atoms with Crippen molar-refractivity contribution in [2.45, 2.75) is 20.3 Å². The Kier molecular flexibility index (Phi) is 5.01. The van der Waals surface area contributed by atoms with Gasteiger partial charge in [0.15, 0.2) is 0 Å². The van der Waals surface area contributed by atoms with Gasteiger partial charge >= 0.3 is 0 Å². The third kappa shape index (κ3) is 4.39. The van der Waals surface area contributed by atoms with Gasteiger partial charge in [-0.1, -0.05) is 13.8 Å². The minimum absolute atomic E-state index is 0.00606. The third-order valence-corrected chi connectivity index (χ3v) is 2.27. The second kappa shape index (κ2) is 6.50. The zero-order valence-electron chi connectivity index (χ0n) is 10.7. The number of carbonyl (C=O) groups is 2. The van der Waals surface area contributed by atoms with Crippen molar-refractivity contribution in [3.05, 3.63) is 24.0 Å². The number of nitrogens with zero attached hydrogens (tertiary/aromatic N) is 1. The molecular weight excluding hydrogens is 249 g/mol. The fourth-order valence-electron chi connectivity index (χ4n) is 1.25. The molecule has 0 aromatic heterocycles. The minimum atomic E-state index is -0.590. The summed E-state index contributed by atoms with van der Waals surface area (Å²) in [6.45, 7) is 3.37. The molecule has 0 unspecified atom stereocenters. The van der Waals surface area contributed by atoms with Crippen LogP contribution in [0.25, 0.3) is 0 Å². The highest BCUT2D eigenvalue weighted by Crippen LogP contribution is 2.20. The second-order valence-electron chi connectivity index (χ2n) is 4.22. The molecule has 1 rings (SSSR count). The summed E-state index contributed by atoms with van der Waals surface area (Å²) in [6, 6.07) is 5.51. The second-order valence-corrected chi connectivity index (χ2v) is 4.22. The van der Waals surface area contributed by atoms with Gasteiger partial charge in [-0.15, -0.1) is 0 Å². The van der Waals surface area contributed by atoms with E-state index in [1.54, 1.807) is 19.9 Å². The van der Waals surface area contributed by atoms with Crippen LogP contribution in [0.4, 0.5) is 15.8 Å². The van der Waals surface area contributed by atoms with Gasteiger partial charge in [-0.3, -0.25) is 9.59 Å². The third-order valence-electron chi connectivity index (χ3n) is 2.27. The first kappa shape index (κ1) is 14.6. The summed E-state index contributed by atoms with van der Waals surface area (Å²) in [5.41, 5.74) is 0.314. The number of nitriles is 1. The smallest absolute Gasteiger partial charge is 0.238 e. The molecule has 0 aliphatic carbocycles. The number of rotatable bonds is 4. The lowest BCUT2D eigenvalue weighted by molar-refractivity contribution is -0.119. The zero-order chi connectivity index (χ0) is 14.4. The number of anilines is 2. The van der Waals surface area contributed by atoms with E-state index in [1.165, 1.54) is 12.1 Å². The van der Waals surface area contributed by atoms with Crippen LogP contribution in [0.2, 0.25) is 0 Å². The Morgan fingerprint density at radius 1 is 1.37 bits per heavy atom. The van der Waals surface area contributed by atoms with Crippen LogP contribution >= 0.6 is 0 Å². The van der Waals surface area contributed by atoms with Crippen molar-refractivity contribution in [1.82, 2.24) is 0 Å². The van der Waals surface area contributed by atoms with Gasteiger partial charge in [-0.25, -0.2) is 4.39 Å². The standard InChI is InChI=1S/C13H14FN3O2/c1-8(2)13(19)17-11-7-9(3-4-10(11)14)16-12(18)5-6-15/h3-4,7-8H,5H2,1-2H3,(H,16,18)(H,17,19). The van der Waals surface area contributed by atoms with Gasteiger partial charge in [-0.05, 0) is 18.2 Å². The van der Waals surface area contributed by atoms with Crippen LogP contribution in [0.3, 0.4) is 0 Å². The van der Waals surface area contributed by atoms with Crippen LogP contribution in [-0.2, 0) is 9.59 Å². The number of hydrogen-bond donors (Lipinski definition) is 2. The maximum Gasteiger partial charge on any atom is 0.238 e. The Hall–Kier alpha value is -2.42. The molecule has 0 fully saturated rings. The van der Waals surface area contributed by atoms with E-state index in [9.17, 15) is 14.0 Å². The molecule has 6 heteroatoms. The predicted octanol–water partition coefficient (Wildman–Crippen LogP) is 2.27. The van der Waals surface area contributed by atoms with Crippen molar-refractivity contribution in [3.8, 4) is 6.07 Å². The first-order valence-corrected chi connectivity index (χ1v) is 5.71. The molecule has 0 radical (unpaired) electrons. The number of carbonyl (C=O) groups excluding carboxylic acids is 2. The van der Waals surface area contributed by atoms with Crippen molar-refractivity contribution in [2.75, 3.05) is 10.6 Å². The number of nitrogens with one attached hydrogen (secondary N) is 2. The summed E-state index contributed by atoms with van der Waals surface area (Å²) in [5.74, 6) is -1.68. The molecule has 0 heterocycles. The molecule has 19 heavy (non-hydrogen) atoms. The van der Waals surface area contributed by atoms with E-state index in [2.05, 4.69) is 10.6 Å². The molecule has 0 aliphatic rings. The Labute approximate surface area is 110 Å². The SMILES string of the molecule is CC(C)C(=O)Nc1cc(NC(=O)CC#N)ccc1F. The van der Waals surface area contributed by atoms with Crippen LogP contribution in [0.15, 0.2) is 18.2 Å². The van der Waals surface area contributed by atoms with Crippen LogP contribution in [0.1, 0.15) is 20.3 Å². The maximum atomic E-state index is 13.5. The fraction of sp³-hybridized carbons (Fsp3) is 0.308. The number of halogens is 1. The number of hydrogen-bond acceptors (Lipinski definition) is 3. The van der Waals surface area contributed by atoms with Crippen molar-refractivity contribution in [3.63, 3.8) is 0 Å². The molecule has 0 spiro atoms. The Morgan fingerprint density at radius 2 is 2.05 bits per heavy atom. The van der Waals surface area contributed by atoms with Crippen molar-refractivity contribution < 1.29 is 14.0 Å². The molecule has 1 aromatic rings. The van der Waals surface area contributed by atoms with Gasteiger partial charge in [0.25, 0.3) is 0 Å². The summed E-state index contributed by atoms with van der Waals surface area (Å²) >= 11 is 0. The number of benzene rings is 1. The summed E-state index contributed by atoms with van der Waals surface area (Å²) in [6.07, 6.45) is -0.287. The van der Waals surface area contributed by atoms with Gasteiger partial charge in [0.05, 0.1) is 11.8 Å². The van der Waals surface area contributed by atoms with Gasteiger partial charge < -0.3 is 10.6 Å². The van der Waals surface area contributed by atoms with E-state index in [1.807, 2.05) is 0 Å². The Bertz CT molecular complexity index is 535. The molecule has 0 aliphatic heterocycles. The van der Waals surface area contributed by atoms with E-state index in [4.69, 9.17) is 5.26 Å². The normalized spacial score (nSPS) is 9.84. The molecule has 2 amide bonds. The lowest BCUT2D eigenvalue weighted by Crippen LogP contribution is -2.19. The summed E-state index contributed by atoms with van der Waals surface area (Å²) in [4.78, 5) is 22.7. The van der Waals surface area contributed by atoms with Gasteiger partial charge in [0.1, 0.15) is 12.2 Å². The van der Waals surface area contributed by atoms with Crippen LogP contribution in [0.5, 0.6) is 0 Å². The maximum absolute atomic E-state index is 13.5. The van der Waals surface area contributed by atoms with Crippen molar-refractivity contribution >= 4 is 23.2 Å². The molecule has 1 aromatic carbocycles. The summed E-state index contributed by atoms with van der Waals surface area (Å²) in [5, 5.41) is 13.2. The molecule has 0 atom stereocenters. The highest BCUT2D eigenvalue weighted by molar-refractivity contribution is 5.95. The van der Waals surface area contributed by atoms with Gasteiger partial charge in [0.2, 0.25) is 11.8 Å². The molecular formula is C13H14FN3O2. The van der Waals surface area contributed by atoms with Gasteiger partial charge in [0, 0.05) is 11.6 Å². The average molecular weight is 263 g/mol. The molecule has 2 N–H and O–H groups in total. The van der Waals surface area contributed by atoms with Crippen molar-refractivity contribution in [1.29, 1.82) is 5.26 Å². The summed E-state index contributed by atoms with van der Waals surface area (Å²) in [7, 11) is 0. The topological polar surface area (TPSA) is 82.0 Å². The fourth-order valence-corrected chi connectivity index (χ4v) is 1.25. The largest absolute Gasteiger partial charge is 0.325 e. The van der Waals surface area contributed by atoms with E-state index in [-0.39, 0.29) is 23.9 Å². The van der Waals surface area contributed by atoms with Crippen LogP contribution < -0.4 is 10.6 Å². The molecule has 0 saturated heterocycles. The molecule has 0 saturated carbocycles. The van der Waals surface area contributed by atoms with Gasteiger partial charge in [-0.2, -0.15) is 5.26 Å². The van der Waals surface area contributed by atoms with E-state index >= 15 is 0 Å². The highest BCUT2D eigenvalue weighted by Gasteiger charge is 2.11. The molecule has 5 nitrogen and oxygen atoms in total. The molecule has 0 bridgehead atoms. The van der Waals surface area contributed by atoms with Crippen LogP contribution in [0, 0.1) is 23.1 Å². The highest BCUT2D eigenvalue weighted by atomic mass is 19.1. The zero-order valence-corrected chi connectivity index (χ0v) is 10.7. The lowest BCUT2D eigenvalue weighted by Gasteiger charge is -2.10. The quantitative estimate of drug-likeness (QED) is 0.874. The molecule has 100 valence electrons. The minimum Gasteiger partial charge on any atom is -0.325 e. The Balaban J connectivity index is 2.86. The summed E-state index contributed by atoms with van der Waals surface area (Å²) < 4.78 is 13.5. The lowest BCUT2D eigenvalue weighted by atomic mass is 10.2. The average Bonchev–Trinajstić information content (AvgIpc) is 2.33. The van der Waals surface area contributed by atoms with Crippen molar-refractivity contribution in [2.24, 2.45) is 5.92 Å². The first-order chi connectivity index (χ1) is 8.93. The van der Waals surface area contributed by atoms with E-state index < -0.39 is 11.7 Å².